The molecule has 1 nitrogen and oxygen atoms in total. The summed E-state index contributed by atoms with van der Waals surface area (Å²) < 4.78 is 36.8. The topological polar surface area (TPSA) is 23.8 Å². The Balaban J connectivity index is 2.48. The van der Waals surface area contributed by atoms with Gasteiger partial charge in [-0.1, -0.05) is 6.42 Å². The molecule has 1 rings (SSSR count). The van der Waals surface area contributed by atoms with Gasteiger partial charge in [0.25, 0.3) is 0 Å². The molecule has 0 aromatic heterocycles. The monoisotopic (exact) mass is 191 g/mol. The van der Waals surface area contributed by atoms with Gasteiger partial charge in [0.15, 0.2) is 0 Å². The van der Waals surface area contributed by atoms with Crippen LogP contribution in [0.1, 0.15) is 32.1 Å². The second kappa shape index (κ2) is 3.99. The highest BCUT2D eigenvalue weighted by Crippen LogP contribution is 2.40. The van der Waals surface area contributed by atoms with E-state index < -0.39 is 12.1 Å². The SMILES string of the molecule is N#CCC1CCCC(C(F)(F)F)C1. The van der Waals surface area contributed by atoms with E-state index in [2.05, 4.69) is 0 Å². The number of alkyl halides is 3. The molecule has 2 unspecified atom stereocenters. The lowest BCUT2D eigenvalue weighted by Crippen LogP contribution is -2.28. The Morgan fingerprint density at radius 3 is 2.54 bits per heavy atom. The van der Waals surface area contributed by atoms with Gasteiger partial charge in [-0.05, 0) is 25.2 Å². The minimum atomic E-state index is -4.06. The van der Waals surface area contributed by atoms with Crippen LogP contribution in [0.25, 0.3) is 0 Å². The van der Waals surface area contributed by atoms with Crippen molar-refractivity contribution in [2.45, 2.75) is 38.3 Å². The summed E-state index contributed by atoms with van der Waals surface area (Å²) in [6.07, 6.45) is -2.01. The summed E-state index contributed by atoms with van der Waals surface area (Å²) >= 11 is 0. The summed E-state index contributed by atoms with van der Waals surface area (Å²) in [7, 11) is 0. The lowest BCUT2D eigenvalue weighted by Gasteiger charge is -2.29. The molecular weight excluding hydrogens is 179 g/mol. The van der Waals surface area contributed by atoms with Crippen LogP contribution in [-0.2, 0) is 0 Å². The lowest BCUT2D eigenvalue weighted by molar-refractivity contribution is -0.185. The van der Waals surface area contributed by atoms with Crippen molar-refractivity contribution in [2.75, 3.05) is 0 Å². The molecule has 74 valence electrons. The van der Waals surface area contributed by atoms with Crippen molar-refractivity contribution in [2.24, 2.45) is 11.8 Å². The second-order valence-electron chi connectivity index (χ2n) is 3.63. The first kappa shape index (κ1) is 10.4. The van der Waals surface area contributed by atoms with Crippen LogP contribution in [0.3, 0.4) is 0 Å². The van der Waals surface area contributed by atoms with E-state index in [1.165, 1.54) is 0 Å². The zero-order valence-corrected chi connectivity index (χ0v) is 7.27. The zero-order chi connectivity index (χ0) is 9.90. The molecular formula is C9H12F3N. The van der Waals surface area contributed by atoms with E-state index in [0.29, 0.717) is 6.42 Å². The third-order valence-electron chi connectivity index (χ3n) is 2.63. The van der Waals surface area contributed by atoms with E-state index in [0.717, 1.165) is 6.42 Å². The number of rotatable bonds is 1. The van der Waals surface area contributed by atoms with E-state index in [4.69, 9.17) is 5.26 Å². The first-order chi connectivity index (χ1) is 6.04. The summed E-state index contributed by atoms with van der Waals surface area (Å²) in [5.74, 6) is -1.20. The molecule has 2 atom stereocenters. The van der Waals surface area contributed by atoms with E-state index >= 15 is 0 Å². The van der Waals surface area contributed by atoms with Crippen LogP contribution >= 0.6 is 0 Å². The van der Waals surface area contributed by atoms with Gasteiger partial charge >= 0.3 is 6.18 Å². The van der Waals surface area contributed by atoms with Gasteiger partial charge in [-0.3, -0.25) is 0 Å². The molecule has 0 amide bonds. The average Bonchev–Trinajstić information content (AvgIpc) is 2.04. The summed E-state index contributed by atoms with van der Waals surface area (Å²) in [6.45, 7) is 0. The number of nitriles is 1. The molecule has 1 aliphatic rings. The summed E-state index contributed by atoms with van der Waals surface area (Å²) in [5, 5.41) is 8.38. The minimum absolute atomic E-state index is 0.0367. The molecule has 1 saturated carbocycles. The third kappa shape index (κ3) is 2.91. The Labute approximate surface area is 75.5 Å². The molecule has 1 fully saturated rings. The molecule has 0 heterocycles. The van der Waals surface area contributed by atoms with E-state index in [1.807, 2.05) is 6.07 Å². The molecule has 0 radical (unpaired) electrons. The standard InChI is InChI=1S/C9H12F3N/c10-9(11,12)8-3-1-2-7(6-8)4-5-13/h7-8H,1-4,6H2. The Hall–Kier alpha value is -0.720. The predicted octanol–water partition coefficient (Wildman–Crippen LogP) is 3.27. The Morgan fingerprint density at radius 2 is 2.00 bits per heavy atom. The number of hydrogen-bond acceptors (Lipinski definition) is 1. The van der Waals surface area contributed by atoms with Gasteiger partial charge in [0.05, 0.1) is 12.0 Å². The fraction of sp³-hybridized carbons (Fsp3) is 0.889. The molecule has 0 aliphatic heterocycles. The van der Waals surface area contributed by atoms with E-state index in [1.54, 1.807) is 0 Å². The third-order valence-corrected chi connectivity index (χ3v) is 2.63. The molecule has 4 heteroatoms. The minimum Gasteiger partial charge on any atom is -0.198 e. The Kier molecular flexibility index (Phi) is 3.18. The van der Waals surface area contributed by atoms with Crippen LogP contribution in [-0.4, -0.2) is 6.18 Å². The highest BCUT2D eigenvalue weighted by atomic mass is 19.4. The van der Waals surface area contributed by atoms with Gasteiger partial charge in [0.1, 0.15) is 0 Å². The largest absolute Gasteiger partial charge is 0.391 e. The molecule has 1 aliphatic carbocycles. The van der Waals surface area contributed by atoms with Gasteiger partial charge < -0.3 is 0 Å². The van der Waals surface area contributed by atoms with Crippen LogP contribution < -0.4 is 0 Å². The van der Waals surface area contributed by atoms with Gasteiger partial charge in [0.2, 0.25) is 0 Å². The number of hydrogen-bond donors (Lipinski definition) is 0. The Morgan fingerprint density at radius 1 is 1.31 bits per heavy atom. The van der Waals surface area contributed by atoms with Crippen LogP contribution in [0, 0.1) is 23.2 Å². The van der Waals surface area contributed by atoms with Gasteiger partial charge in [-0.2, -0.15) is 18.4 Å². The molecule has 13 heavy (non-hydrogen) atoms. The van der Waals surface area contributed by atoms with Crippen LogP contribution in [0.4, 0.5) is 13.2 Å². The molecule has 0 bridgehead atoms. The maximum Gasteiger partial charge on any atom is 0.391 e. The van der Waals surface area contributed by atoms with Crippen molar-refractivity contribution in [3.8, 4) is 6.07 Å². The van der Waals surface area contributed by atoms with Gasteiger partial charge in [-0.25, -0.2) is 0 Å². The van der Waals surface area contributed by atoms with Crippen molar-refractivity contribution in [1.29, 1.82) is 5.26 Å². The average molecular weight is 191 g/mol. The van der Waals surface area contributed by atoms with Crippen LogP contribution in [0.15, 0.2) is 0 Å². The molecule has 0 spiro atoms. The normalized spacial score (nSPS) is 29.7. The van der Waals surface area contributed by atoms with Crippen LogP contribution in [0.2, 0.25) is 0 Å². The van der Waals surface area contributed by atoms with Crippen LogP contribution in [0.5, 0.6) is 0 Å². The summed E-state index contributed by atoms with van der Waals surface area (Å²) in [6, 6.07) is 1.94. The lowest BCUT2D eigenvalue weighted by atomic mass is 9.80. The quantitative estimate of drug-likeness (QED) is 0.624. The van der Waals surface area contributed by atoms with Crippen molar-refractivity contribution < 1.29 is 13.2 Å². The molecule has 0 saturated heterocycles. The van der Waals surface area contributed by atoms with Crippen molar-refractivity contribution in [3.05, 3.63) is 0 Å². The van der Waals surface area contributed by atoms with E-state index in [-0.39, 0.29) is 25.2 Å². The summed E-state index contributed by atoms with van der Waals surface area (Å²) in [5.41, 5.74) is 0. The molecule has 0 N–H and O–H groups in total. The van der Waals surface area contributed by atoms with E-state index in [9.17, 15) is 13.2 Å². The first-order valence-corrected chi connectivity index (χ1v) is 4.47. The maximum absolute atomic E-state index is 12.3. The fourth-order valence-corrected chi connectivity index (χ4v) is 1.90. The first-order valence-electron chi connectivity index (χ1n) is 4.47. The molecule has 0 aromatic carbocycles. The number of nitrogens with zero attached hydrogens (tertiary/aromatic N) is 1. The Bertz CT molecular complexity index is 204. The van der Waals surface area contributed by atoms with Crippen molar-refractivity contribution in [1.82, 2.24) is 0 Å². The fourth-order valence-electron chi connectivity index (χ4n) is 1.90. The van der Waals surface area contributed by atoms with Crippen molar-refractivity contribution in [3.63, 3.8) is 0 Å². The van der Waals surface area contributed by atoms with Gasteiger partial charge in [-0.15, -0.1) is 0 Å². The van der Waals surface area contributed by atoms with Gasteiger partial charge in [0, 0.05) is 6.42 Å². The smallest absolute Gasteiger partial charge is 0.198 e. The second-order valence-corrected chi connectivity index (χ2v) is 3.63. The highest BCUT2D eigenvalue weighted by molar-refractivity contribution is 4.83. The molecule has 0 aromatic rings. The highest BCUT2D eigenvalue weighted by Gasteiger charge is 2.41. The summed E-state index contributed by atoms with van der Waals surface area (Å²) in [4.78, 5) is 0. The zero-order valence-electron chi connectivity index (χ0n) is 7.27. The number of halogens is 3. The van der Waals surface area contributed by atoms with Crippen molar-refractivity contribution >= 4 is 0 Å². The maximum atomic E-state index is 12.3. The predicted molar refractivity (Wildman–Crippen MR) is 41.7 cm³/mol.